The maximum atomic E-state index is 12.1. The first-order chi connectivity index (χ1) is 7.43. The van der Waals surface area contributed by atoms with Crippen molar-refractivity contribution in [2.24, 2.45) is 11.7 Å². The molecular formula is C12H18N2O2. The number of rotatable bonds is 3. The van der Waals surface area contributed by atoms with E-state index >= 15 is 0 Å². The highest BCUT2D eigenvalue weighted by atomic mass is 16.2. The van der Waals surface area contributed by atoms with E-state index in [2.05, 4.69) is 0 Å². The van der Waals surface area contributed by atoms with Gasteiger partial charge in [0.2, 0.25) is 0 Å². The van der Waals surface area contributed by atoms with Crippen LogP contribution >= 0.6 is 0 Å². The molecule has 2 rings (SSSR count). The first kappa shape index (κ1) is 11.3. The van der Waals surface area contributed by atoms with Crippen molar-refractivity contribution in [3.05, 3.63) is 11.1 Å². The first-order valence-electron chi connectivity index (χ1n) is 5.70. The van der Waals surface area contributed by atoms with E-state index in [0.29, 0.717) is 23.6 Å². The number of hydrogen-bond donors (Lipinski definition) is 1. The second kappa shape index (κ2) is 3.42. The van der Waals surface area contributed by atoms with Crippen molar-refractivity contribution in [1.29, 1.82) is 0 Å². The lowest BCUT2D eigenvalue weighted by molar-refractivity contribution is -0.144. The zero-order valence-corrected chi connectivity index (χ0v) is 10.0. The Bertz CT molecular complexity index is 372. The van der Waals surface area contributed by atoms with Crippen molar-refractivity contribution in [2.45, 2.75) is 39.2 Å². The molecule has 1 aliphatic carbocycles. The van der Waals surface area contributed by atoms with Crippen LogP contribution in [0, 0.1) is 5.92 Å². The van der Waals surface area contributed by atoms with Gasteiger partial charge in [0.25, 0.3) is 11.8 Å². The van der Waals surface area contributed by atoms with Gasteiger partial charge in [0, 0.05) is 17.7 Å². The van der Waals surface area contributed by atoms with Gasteiger partial charge >= 0.3 is 0 Å². The lowest BCUT2D eigenvalue weighted by Gasteiger charge is -2.37. The van der Waals surface area contributed by atoms with Crippen LogP contribution in [0.1, 0.15) is 33.6 Å². The van der Waals surface area contributed by atoms with E-state index < -0.39 is 5.54 Å². The second-order valence-corrected chi connectivity index (χ2v) is 5.03. The Hall–Kier alpha value is -1.16. The Morgan fingerprint density at radius 3 is 2.00 bits per heavy atom. The minimum atomic E-state index is -0.493. The molecule has 1 saturated carbocycles. The Morgan fingerprint density at radius 2 is 1.69 bits per heavy atom. The van der Waals surface area contributed by atoms with Gasteiger partial charge in [-0.15, -0.1) is 0 Å². The van der Waals surface area contributed by atoms with Crippen LogP contribution in [0.25, 0.3) is 0 Å². The molecular weight excluding hydrogens is 204 g/mol. The fraction of sp³-hybridized carbons (Fsp3) is 0.667. The minimum Gasteiger partial charge on any atom is -0.328 e. The number of hydrogen-bond acceptors (Lipinski definition) is 3. The van der Waals surface area contributed by atoms with Crippen LogP contribution < -0.4 is 5.73 Å². The van der Waals surface area contributed by atoms with Crippen molar-refractivity contribution in [3.8, 4) is 0 Å². The molecule has 0 spiro atoms. The number of amides is 2. The summed E-state index contributed by atoms with van der Waals surface area (Å²) in [6, 6.07) is 0. The van der Waals surface area contributed by atoms with Crippen LogP contribution in [0.5, 0.6) is 0 Å². The molecule has 16 heavy (non-hydrogen) atoms. The molecule has 1 atom stereocenters. The van der Waals surface area contributed by atoms with Gasteiger partial charge in [-0.25, -0.2) is 0 Å². The Morgan fingerprint density at radius 1 is 1.25 bits per heavy atom. The molecule has 2 aliphatic rings. The lowest BCUT2D eigenvalue weighted by atomic mass is 9.93. The third kappa shape index (κ3) is 1.33. The summed E-state index contributed by atoms with van der Waals surface area (Å²) in [4.78, 5) is 25.5. The minimum absolute atomic E-state index is 0.164. The summed E-state index contributed by atoms with van der Waals surface area (Å²) in [5.74, 6) is 0.0498. The SMILES string of the molecule is CC1=C(C)C(=O)N(C(C)(CN)C2CC2)C1=O. The number of carbonyl (C=O) groups excluding carboxylic acids is 2. The summed E-state index contributed by atoms with van der Waals surface area (Å²) in [5, 5.41) is 0. The summed E-state index contributed by atoms with van der Waals surface area (Å²) in [7, 11) is 0. The van der Waals surface area contributed by atoms with E-state index in [0.717, 1.165) is 12.8 Å². The average Bonchev–Trinajstić information content (AvgIpc) is 3.07. The first-order valence-corrected chi connectivity index (χ1v) is 5.70. The van der Waals surface area contributed by atoms with Crippen LogP contribution in [-0.4, -0.2) is 28.8 Å². The van der Waals surface area contributed by atoms with Crippen LogP contribution in [0.3, 0.4) is 0 Å². The molecule has 1 heterocycles. The van der Waals surface area contributed by atoms with Crippen molar-refractivity contribution in [1.82, 2.24) is 4.90 Å². The zero-order chi connectivity index (χ0) is 12.1. The highest BCUT2D eigenvalue weighted by molar-refractivity contribution is 6.19. The molecule has 2 amide bonds. The highest BCUT2D eigenvalue weighted by Crippen LogP contribution is 2.44. The molecule has 88 valence electrons. The molecule has 0 saturated heterocycles. The summed E-state index contributed by atoms with van der Waals surface area (Å²) in [6.45, 7) is 5.68. The van der Waals surface area contributed by atoms with E-state index in [1.807, 2.05) is 6.92 Å². The van der Waals surface area contributed by atoms with Gasteiger partial charge in [-0.2, -0.15) is 0 Å². The molecule has 1 fully saturated rings. The van der Waals surface area contributed by atoms with E-state index in [9.17, 15) is 9.59 Å². The summed E-state index contributed by atoms with van der Waals surface area (Å²) in [6.07, 6.45) is 2.12. The van der Waals surface area contributed by atoms with Gasteiger partial charge in [-0.1, -0.05) is 0 Å². The fourth-order valence-corrected chi connectivity index (χ4v) is 2.36. The summed E-state index contributed by atoms with van der Waals surface area (Å²) < 4.78 is 0. The van der Waals surface area contributed by atoms with Crippen molar-refractivity contribution in [2.75, 3.05) is 6.54 Å². The predicted molar refractivity (Wildman–Crippen MR) is 60.4 cm³/mol. The fourth-order valence-electron chi connectivity index (χ4n) is 2.36. The van der Waals surface area contributed by atoms with Crippen molar-refractivity contribution in [3.63, 3.8) is 0 Å². The molecule has 1 unspecified atom stereocenters. The molecule has 0 bridgehead atoms. The third-order valence-corrected chi connectivity index (χ3v) is 3.99. The van der Waals surface area contributed by atoms with Gasteiger partial charge in [0.15, 0.2) is 0 Å². The second-order valence-electron chi connectivity index (χ2n) is 5.03. The van der Waals surface area contributed by atoms with E-state index in [1.54, 1.807) is 13.8 Å². The molecule has 4 nitrogen and oxygen atoms in total. The standard InChI is InChI=1S/C12H18N2O2/c1-7-8(2)11(16)14(10(7)15)12(3,6-13)9-4-5-9/h9H,4-6,13H2,1-3H3. The van der Waals surface area contributed by atoms with Gasteiger partial charge < -0.3 is 5.73 Å². The topological polar surface area (TPSA) is 63.4 Å². The van der Waals surface area contributed by atoms with Gasteiger partial charge in [0.1, 0.15) is 0 Å². The van der Waals surface area contributed by atoms with Crippen LogP contribution in [0.15, 0.2) is 11.1 Å². The monoisotopic (exact) mass is 222 g/mol. The molecule has 0 aromatic carbocycles. The van der Waals surface area contributed by atoms with Crippen LogP contribution in [0.2, 0.25) is 0 Å². The lowest BCUT2D eigenvalue weighted by Crippen LogP contribution is -2.56. The third-order valence-electron chi connectivity index (χ3n) is 3.99. The quantitative estimate of drug-likeness (QED) is 0.719. The van der Waals surface area contributed by atoms with Crippen molar-refractivity contribution < 1.29 is 9.59 Å². The zero-order valence-electron chi connectivity index (χ0n) is 10.0. The number of carbonyl (C=O) groups is 2. The van der Waals surface area contributed by atoms with E-state index in [1.165, 1.54) is 4.90 Å². The molecule has 1 aliphatic heterocycles. The Labute approximate surface area is 95.5 Å². The van der Waals surface area contributed by atoms with Crippen LogP contribution in [-0.2, 0) is 9.59 Å². The molecule has 4 heteroatoms. The largest absolute Gasteiger partial charge is 0.328 e. The van der Waals surface area contributed by atoms with Crippen LogP contribution in [0.4, 0.5) is 0 Å². The normalized spacial score (nSPS) is 25.4. The molecule has 0 aromatic heterocycles. The number of imide groups is 1. The molecule has 0 radical (unpaired) electrons. The van der Waals surface area contributed by atoms with Crippen molar-refractivity contribution >= 4 is 11.8 Å². The summed E-state index contributed by atoms with van der Waals surface area (Å²) in [5.41, 5.74) is 6.41. The smallest absolute Gasteiger partial charge is 0.257 e. The maximum absolute atomic E-state index is 12.1. The Balaban J connectivity index is 2.36. The van der Waals surface area contributed by atoms with Gasteiger partial charge in [0.05, 0.1) is 5.54 Å². The average molecular weight is 222 g/mol. The van der Waals surface area contributed by atoms with Gasteiger partial charge in [-0.05, 0) is 39.5 Å². The van der Waals surface area contributed by atoms with E-state index in [4.69, 9.17) is 5.73 Å². The maximum Gasteiger partial charge on any atom is 0.257 e. The van der Waals surface area contributed by atoms with E-state index in [-0.39, 0.29) is 11.8 Å². The predicted octanol–water partition coefficient (Wildman–Crippen LogP) is 0.819. The molecule has 0 aromatic rings. The highest BCUT2D eigenvalue weighted by Gasteiger charge is 2.52. The number of nitrogens with zero attached hydrogens (tertiary/aromatic N) is 1. The summed E-state index contributed by atoms with van der Waals surface area (Å²) >= 11 is 0. The molecule has 2 N–H and O–H groups in total. The van der Waals surface area contributed by atoms with Gasteiger partial charge in [-0.3, -0.25) is 14.5 Å². The number of nitrogens with two attached hydrogens (primary N) is 1. The Kier molecular flexibility index (Phi) is 2.42.